The molecule has 3 nitrogen and oxygen atoms in total. The van der Waals surface area contributed by atoms with Gasteiger partial charge in [0.1, 0.15) is 0 Å². The Balaban J connectivity index is 1.19. The van der Waals surface area contributed by atoms with Crippen molar-refractivity contribution < 1.29 is 0 Å². The molecule has 0 aliphatic rings. The minimum absolute atomic E-state index is 0.636. The van der Waals surface area contributed by atoms with Gasteiger partial charge < -0.3 is 9.80 Å². The van der Waals surface area contributed by atoms with E-state index in [9.17, 15) is 5.26 Å². The minimum Gasteiger partial charge on any atom is -0.310 e. The molecule has 7 aromatic carbocycles. The van der Waals surface area contributed by atoms with Gasteiger partial charge in [0.25, 0.3) is 0 Å². The van der Waals surface area contributed by atoms with E-state index in [1.807, 2.05) is 40.9 Å². The van der Waals surface area contributed by atoms with E-state index in [1.54, 1.807) is 0 Å². The third-order valence-electron chi connectivity index (χ3n) is 8.84. The zero-order valence-electron chi connectivity index (χ0n) is 25.7. The largest absolute Gasteiger partial charge is 0.310 e. The van der Waals surface area contributed by atoms with Gasteiger partial charge in [0, 0.05) is 74.5 Å². The molecular weight excluding hydrogens is 623 g/mol. The Morgan fingerprint density at radius 3 is 1.50 bits per heavy atom. The predicted octanol–water partition coefficient (Wildman–Crippen LogP) is 13.2. The maximum absolute atomic E-state index is 9.77. The number of benzene rings is 7. The molecule has 0 aliphatic heterocycles. The van der Waals surface area contributed by atoms with Crippen molar-refractivity contribution in [1.29, 1.82) is 5.26 Å². The summed E-state index contributed by atoms with van der Waals surface area (Å²) in [6, 6.07) is 60.1. The van der Waals surface area contributed by atoms with Crippen molar-refractivity contribution in [1.82, 2.24) is 0 Å². The lowest BCUT2D eigenvalue weighted by Gasteiger charge is -2.26. The second-order valence-corrected chi connectivity index (χ2v) is 13.9. The summed E-state index contributed by atoms with van der Waals surface area (Å²) in [4.78, 5) is 4.58. The molecule has 0 N–H and O–H groups in total. The Hall–Kier alpha value is -5.93. The van der Waals surface area contributed by atoms with Crippen molar-refractivity contribution >= 4 is 97.1 Å². The molecule has 0 saturated carbocycles. The lowest BCUT2D eigenvalue weighted by Crippen LogP contribution is -2.10. The van der Waals surface area contributed by atoms with Gasteiger partial charge in [0.15, 0.2) is 0 Å². The van der Waals surface area contributed by atoms with E-state index in [2.05, 4.69) is 161 Å². The van der Waals surface area contributed by atoms with Crippen LogP contribution in [-0.4, -0.2) is 0 Å². The van der Waals surface area contributed by atoms with Crippen LogP contribution in [0.25, 0.3) is 40.3 Å². The number of nitriles is 1. The molecule has 9 rings (SSSR count). The van der Waals surface area contributed by atoms with Gasteiger partial charge in [-0.2, -0.15) is 5.26 Å². The lowest BCUT2D eigenvalue weighted by atomic mass is 10.1. The maximum Gasteiger partial charge on any atom is 0.0992 e. The van der Waals surface area contributed by atoms with Gasteiger partial charge in [-0.15, -0.1) is 22.7 Å². The smallest absolute Gasteiger partial charge is 0.0992 e. The van der Waals surface area contributed by atoms with E-state index in [0.29, 0.717) is 5.56 Å². The number of hydrogen-bond acceptors (Lipinski definition) is 5. The number of thiophene rings is 2. The summed E-state index contributed by atoms with van der Waals surface area (Å²) in [5, 5.41) is 14.8. The first-order valence-electron chi connectivity index (χ1n) is 15.8. The Kier molecular flexibility index (Phi) is 6.90. The minimum atomic E-state index is 0.636. The second kappa shape index (κ2) is 11.7. The number of anilines is 6. The van der Waals surface area contributed by atoms with Crippen LogP contribution in [0.4, 0.5) is 34.1 Å². The predicted molar refractivity (Wildman–Crippen MR) is 206 cm³/mol. The van der Waals surface area contributed by atoms with Crippen molar-refractivity contribution in [3.63, 3.8) is 0 Å². The molecule has 0 aliphatic carbocycles. The second-order valence-electron chi connectivity index (χ2n) is 11.7. The van der Waals surface area contributed by atoms with E-state index in [4.69, 9.17) is 0 Å². The van der Waals surface area contributed by atoms with Crippen LogP contribution < -0.4 is 9.80 Å². The molecule has 48 heavy (non-hydrogen) atoms. The molecule has 5 heteroatoms. The zero-order chi connectivity index (χ0) is 32.0. The Morgan fingerprint density at radius 1 is 0.354 bits per heavy atom. The first kappa shape index (κ1) is 28.3. The normalized spacial score (nSPS) is 11.3. The summed E-state index contributed by atoms with van der Waals surface area (Å²) < 4.78 is 4.99. The van der Waals surface area contributed by atoms with E-state index in [1.165, 1.54) is 40.3 Å². The number of para-hydroxylation sites is 2. The first-order chi connectivity index (χ1) is 23.7. The van der Waals surface area contributed by atoms with Crippen LogP contribution in [-0.2, 0) is 0 Å². The van der Waals surface area contributed by atoms with E-state index < -0.39 is 0 Å². The van der Waals surface area contributed by atoms with Crippen molar-refractivity contribution in [3.8, 4) is 6.07 Å². The summed E-state index contributed by atoms with van der Waals surface area (Å²) >= 11 is 3.63. The van der Waals surface area contributed by atoms with E-state index in [-0.39, 0.29) is 0 Å². The fraction of sp³-hybridized carbons (Fsp3) is 0. The third-order valence-corrected chi connectivity index (χ3v) is 11.1. The SMILES string of the molecule is N#Cc1cccc(N(c2ccc3c(c2)sc2ccccc23)c2ccc3c(c2)sc2ccc(N(c4ccccc4)c4ccccc4)cc23)c1. The zero-order valence-corrected chi connectivity index (χ0v) is 27.4. The molecule has 2 aromatic heterocycles. The van der Waals surface area contributed by atoms with Crippen molar-refractivity contribution in [3.05, 3.63) is 169 Å². The molecule has 9 aromatic rings. The third kappa shape index (κ3) is 4.87. The number of rotatable bonds is 6. The summed E-state index contributed by atoms with van der Waals surface area (Å²) in [5.74, 6) is 0. The maximum atomic E-state index is 9.77. The fourth-order valence-corrected chi connectivity index (χ4v) is 8.91. The molecule has 0 fully saturated rings. The molecule has 0 amide bonds. The number of hydrogen-bond donors (Lipinski definition) is 0. The summed E-state index contributed by atoms with van der Waals surface area (Å²) in [7, 11) is 0. The summed E-state index contributed by atoms with van der Waals surface area (Å²) in [6.07, 6.45) is 0. The number of fused-ring (bicyclic) bond motifs is 6. The van der Waals surface area contributed by atoms with Gasteiger partial charge in [-0.25, -0.2) is 0 Å². The average Bonchev–Trinajstić information content (AvgIpc) is 3.70. The first-order valence-corrected chi connectivity index (χ1v) is 17.4. The quantitative estimate of drug-likeness (QED) is 0.180. The molecule has 0 spiro atoms. The van der Waals surface area contributed by atoms with Crippen LogP contribution in [0.3, 0.4) is 0 Å². The molecule has 226 valence electrons. The van der Waals surface area contributed by atoms with E-state index in [0.717, 1.165) is 34.1 Å². The van der Waals surface area contributed by atoms with E-state index >= 15 is 0 Å². The molecule has 0 radical (unpaired) electrons. The Bertz CT molecular complexity index is 2610. The van der Waals surface area contributed by atoms with Crippen LogP contribution >= 0.6 is 22.7 Å². The molecular formula is C43H27N3S2. The lowest BCUT2D eigenvalue weighted by molar-refractivity contribution is 1.29. The summed E-state index contributed by atoms with van der Waals surface area (Å²) in [6.45, 7) is 0. The van der Waals surface area contributed by atoms with Gasteiger partial charge in [0.2, 0.25) is 0 Å². The van der Waals surface area contributed by atoms with Crippen LogP contribution in [0.15, 0.2) is 164 Å². The summed E-state index contributed by atoms with van der Waals surface area (Å²) in [5.41, 5.74) is 7.07. The van der Waals surface area contributed by atoms with Gasteiger partial charge in [0.05, 0.1) is 11.6 Å². The van der Waals surface area contributed by atoms with Crippen LogP contribution in [0.2, 0.25) is 0 Å². The van der Waals surface area contributed by atoms with Gasteiger partial charge in [-0.05, 0) is 91.0 Å². The van der Waals surface area contributed by atoms with Crippen LogP contribution in [0.1, 0.15) is 5.56 Å². The Labute approximate surface area is 286 Å². The standard InChI is InChI=1S/C43H27N3S2/c44-28-29-10-9-15-32(24-29)46(34-18-21-37-36-16-7-8-17-40(36)47-42(37)26-34)35-19-22-38-39-25-33(20-23-41(39)48-43(38)27-35)45(30-11-3-1-4-12-30)31-13-5-2-6-14-31/h1-27H. The van der Waals surface area contributed by atoms with Gasteiger partial charge in [-0.3, -0.25) is 0 Å². The highest BCUT2D eigenvalue weighted by molar-refractivity contribution is 7.26. The van der Waals surface area contributed by atoms with Crippen LogP contribution in [0.5, 0.6) is 0 Å². The number of nitrogens with zero attached hydrogens (tertiary/aromatic N) is 3. The molecule has 2 heterocycles. The average molecular weight is 650 g/mol. The molecule has 0 saturated heterocycles. The highest BCUT2D eigenvalue weighted by Gasteiger charge is 2.18. The fourth-order valence-electron chi connectivity index (χ4n) is 6.65. The van der Waals surface area contributed by atoms with Crippen molar-refractivity contribution in [2.24, 2.45) is 0 Å². The molecule has 0 unspecified atom stereocenters. The highest BCUT2D eigenvalue weighted by Crippen LogP contribution is 2.45. The monoisotopic (exact) mass is 649 g/mol. The Morgan fingerprint density at radius 2 is 0.833 bits per heavy atom. The highest BCUT2D eigenvalue weighted by atomic mass is 32.1. The topological polar surface area (TPSA) is 30.3 Å². The van der Waals surface area contributed by atoms with Gasteiger partial charge in [-0.1, -0.05) is 72.8 Å². The molecule has 0 atom stereocenters. The van der Waals surface area contributed by atoms with Gasteiger partial charge >= 0.3 is 0 Å². The van der Waals surface area contributed by atoms with Crippen molar-refractivity contribution in [2.45, 2.75) is 0 Å². The van der Waals surface area contributed by atoms with Crippen molar-refractivity contribution in [2.75, 3.05) is 9.80 Å². The molecule has 0 bridgehead atoms. The van der Waals surface area contributed by atoms with Crippen LogP contribution in [0, 0.1) is 11.3 Å².